The van der Waals surface area contributed by atoms with E-state index in [1.807, 2.05) is 0 Å². The van der Waals surface area contributed by atoms with Crippen LogP contribution in [0.3, 0.4) is 0 Å². The van der Waals surface area contributed by atoms with E-state index >= 15 is 0 Å². The smallest absolute Gasteiger partial charge is 0.330 e. The molecule has 142 valence electrons. The molecule has 1 rings (SSSR count). The Morgan fingerprint density at radius 3 is 2.15 bits per heavy atom. The van der Waals surface area contributed by atoms with Gasteiger partial charge in [0.25, 0.3) is 0 Å². The van der Waals surface area contributed by atoms with Gasteiger partial charge in [-0.1, -0.05) is 30.3 Å². The summed E-state index contributed by atoms with van der Waals surface area (Å²) in [5.41, 5.74) is 5.69. The molecular weight excluding hydrogens is 362 g/mol. The summed E-state index contributed by atoms with van der Waals surface area (Å²) in [4.78, 5) is 46.2. The second-order valence-electron chi connectivity index (χ2n) is 5.48. The fraction of sp³-hybridized carbons (Fsp3) is 0.375. The molecule has 1 aromatic carbocycles. The minimum Gasteiger partial charge on any atom is -0.480 e. The van der Waals surface area contributed by atoms with Crippen molar-refractivity contribution in [2.45, 2.75) is 31.0 Å². The molecule has 0 saturated carbocycles. The average molecular weight is 383 g/mol. The average Bonchev–Trinajstić information content (AvgIpc) is 2.62. The quantitative estimate of drug-likeness (QED) is 0.298. The van der Waals surface area contributed by atoms with Crippen LogP contribution in [0.2, 0.25) is 0 Å². The molecular formula is C16H21N3O6S. The Labute approximate surface area is 155 Å². The summed E-state index contributed by atoms with van der Waals surface area (Å²) in [6.07, 6.45) is -0.282. The molecule has 0 heterocycles. The van der Waals surface area contributed by atoms with Crippen molar-refractivity contribution in [2.75, 3.05) is 5.75 Å². The molecule has 0 unspecified atom stereocenters. The lowest BCUT2D eigenvalue weighted by Crippen LogP contribution is -2.50. The van der Waals surface area contributed by atoms with Gasteiger partial charge < -0.3 is 26.6 Å². The van der Waals surface area contributed by atoms with Gasteiger partial charge in [-0.3, -0.25) is 14.4 Å². The Kier molecular flexibility index (Phi) is 8.59. The first-order chi connectivity index (χ1) is 12.3. The highest BCUT2D eigenvalue weighted by molar-refractivity contribution is 7.80. The molecule has 0 spiro atoms. The highest BCUT2D eigenvalue weighted by atomic mass is 32.1. The standard InChI is InChI=1S/C16H21N3O6S/c17-10(15(22)23)6-7-12(20)18-11(8-26)14(21)19-13(16(24)25)9-4-2-1-3-5-9/h1-5,10-11,13,26H,6-8,17H2,(H,18,20)(H,19,21)(H,22,23)(H,24,25)/t10-,11-,13+/m0/s1. The van der Waals surface area contributed by atoms with E-state index in [9.17, 15) is 24.3 Å². The van der Waals surface area contributed by atoms with Crippen LogP contribution >= 0.6 is 12.6 Å². The predicted octanol–water partition coefficient (Wildman–Crippen LogP) is -0.465. The maximum Gasteiger partial charge on any atom is 0.330 e. The summed E-state index contributed by atoms with van der Waals surface area (Å²) in [5, 5.41) is 22.7. The lowest BCUT2D eigenvalue weighted by atomic mass is 10.1. The molecule has 0 radical (unpaired) electrons. The Morgan fingerprint density at radius 1 is 1.04 bits per heavy atom. The SMILES string of the molecule is N[C@@H](CCC(=O)N[C@@H](CS)C(=O)N[C@@H](C(=O)O)c1ccccc1)C(=O)O. The van der Waals surface area contributed by atoms with Crippen LogP contribution in [0.4, 0.5) is 0 Å². The lowest BCUT2D eigenvalue weighted by Gasteiger charge is -2.20. The minimum absolute atomic E-state index is 0.0658. The summed E-state index contributed by atoms with van der Waals surface area (Å²) < 4.78 is 0. The molecule has 26 heavy (non-hydrogen) atoms. The number of aliphatic carboxylic acids is 2. The number of carbonyl (C=O) groups is 4. The highest BCUT2D eigenvalue weighted by Gasteiger charge is 2.27. The molecule has 0 aliphatic rings. The van der Waals surface area contributed by atoms with Crippen molar-refractivity contribution < 1.29 is 29.4 Å². The van der Waals surface area contributed by atoms with Crippen molar-refractivity contribution in [3.05, 3.63) is 35.9 Å². The van der Waals surface area contributed by atoms with Crippen molar-refractivity contribution in [3.63, 3.8) is 0 Å². The molecule has 0 aromatic heterocycles. The molecule has 9 nitrogen and oxygen atoms in total. The molecule has 1 aromatic rings. The zero-order valence-corrected chi connectivity index (χ0v) is 14.7. The summed E-state index contributed by atoms with van der Waals surface area (Å²) >= 11 is 3.99. The number of hydrogen-bond donors (Lipinski definition) is 6. The van der Waals surface area contributed by atoms with Gasteiger partial charge >= 0.3 is 11.9 Å². The first-order valence-electron chi connectivity index (χ1n) is 7.73. The number of benzene rings is 1. The third-order valence-corrected chi connectivity index (χ3v) is 3.87. The fourth-order valence-corrected chi connectivity index (χ4v) is 2.30. The zero-order valence-electron chi connectivity index (χ0n) is 13.8. The minimum atomic E-state index is -1.27. The van der Waals surface area contributed by atoms with E-state index in [1.54, 1.807) is 30.3 Å². The molecule has 0 saturated heterocycles. The van der Waals surface area contributed by atoms with Gasteiger partial charge in [0.1, 0.15) is 12.1 Å². The topological polar surface area (TPSA) is 159 Å². The Balaban J connectivity index is 2.68. The van der Waals surface area contributed by atoms with Crippen LogP contribution in [0.25, 0.3) is 0 Å². The normalized spacial score (nSPS) is 13.9. The molecule has 6 N–H and O–H groups in total. The number of hydrogen-bond acceptors (Lipinski definition) is 6. The third-order valence-electron chi connectivity index (χ3n) is 3.50. The van der Waals surface area contributed by atoms with Crippen LogP contribution < -0.4 is 16.4 Å². The molecule has 0 fully saturated rings. The van der Waals surface area contributed by atoms with Crippen LogP contribution in [0, 0.1) is 0 Å². The zero-order chi connectivity index (χ0) is 19.7. The molecule has 0 bridgehead atoms. The van der Waals surface area contributed by atoms with Crippen molar-refractivity contribution in [1.82, 2.24) is 10.6 Å². The Hall–Kier alpha value is -2.59. The number of carboxylic acids is 2. The van der Waals surface area contributed by atoms with E-state index in [4.69, 9.17) is 10.8 Å². The molecule has 0 aliphatic heterocycles. The van der Waals surface area contributed by atoms with Gasteiger partial charge in [0, 0.05) is 12.2 Å². The maximum absolute atomic E-state index is 12.3. The van der Waals surface area contributed by atoms with Gasteiger partial charge in [-0.15, -0.1) is 0 Å². The Morgan fingerprint density at radius 2 is 1.65 bits per heavy atom. The fourth-order valence-electron chi connectivity index (χ4n) is 2.05. The van der Waals surface area contributed by atoms with Crippen molar-refractivity contribution >= 4 is 36.4 Å². The van der Waals surface area contributed by atoms with Crippen LogP contribution in [0.5, 0.6) is 0 Å². The van der Waals surface area contributed by atoms with Crippen LogP contribution in [-0.2, 0) is 19.2 Å². The summed E-state index contributed by atoms with van der Waals surface area (Å²) in [6, 6.07) is 4.57. The highest BCUT2D eigenvalue weighted by Crippen LogP contribution is 2.13. The second-order valence-corrected chi connectivity index (χ2v) is 5.84. The Bertz CT molecular complexity index is 655. The van der Waals surface area contributed by atoms with Crippen molar-refractivity contribution in [3.8, 4) is 0 Å². The van der Waals surface area contributed by atoms with E-state index in [0.29, 0.717) is 5.56 Å². The number of amides is 2. The largest absolute Gasteiger partial charge is 0.480 e. The third kappa shape index (κ3) is 6.73. The summed E-state index contributed by atoms with van der Waals surface area (Å²) in [7, 11) is 0. The van der Waals surface area contributed by atoms with Gasteiger partial charge in [0.05, 0.1) is 0 Å². The summed E-state index contributed by atoms with van der Waals surface area (Å²) in [5.74, 6) is -3.84. The number of nitrogens with one attached hydrogen (secondary N) is 2. The van der Waals surface area contributed by atoms with E-state index < -0.39 is 41.9 Å². The van der Waals surface area contributed by atoms with Gasteiger partial charge in [0.15, 0.2) is 6.04 Å². The van der Waals surface area contributed by atoms with Gasteiger partial charge in [0.2, 0.25) is 11.8 Å². The molecule has 2 amide bonds. The second kappa shape index (κ2) is 10.4. The van der Waals surface area contributed by atoms with Crippen LogP contribution in [0.15, 0.2) is 30.3 Å². The number of carboxylic acid groups (broad SMARTS) is 2. The number of rotatable bonds is 10. The van der Waals surface area contributed by atoms with Crippen molar-refractivity contribution in [2.24, 2.45) is 5.73 Å². The van der Waals surface area contributed by atoms with Crippen LogP contribution in [0.1, 0.15) is 24.4 Å². The lowest BCUT2D eigenvalue weighted by molar-refractivity contribution is -0.142. The van der Waals surface area contributed by atoms with E-state index in [1.165, 1.54) is 0 Å². The first-order valence-corrected chi connectivity index (χ1v) is 8.36. The number of nitrogens with two attached hydrogens (primary N) is 1. The van der Waals surface area contributed by atoms with E-state index in [0.717, 1.165) is 0 Å². The van der Waals surface area contributed by atoms with Crippen molar-refractivity contribution in [1.29, 1.82) is 0 Å². The molecule has 10 heteroatoms. The first kappa shape index (κ1) is 21.5. The number of thiol groups is 1. The van der Waals surface area contributed by atoms with E-state index in [-0.39, 0.29) is 18.6 Å². The molecule has 0 aliphatic carbocycles. The molecule has 3 atom stereocenters. The number of carbonyl (C=O) groups excluding carboxylic acids is 2. The van der Waals surface area contributed by atoms with Gasteiger partial charge in [-0.25, -0.2) is 4.79 Å². The predicted molar refractivity (Wildman–Crippen MR) is 95.6 cm³/mol. The summed E-state index contributed by atoms with van der Waals surface area (Å²) in [6.45, 7) is 0. The van der Waals surface area contributed by atoms with Crippen LogP contribution in [-0.4, -0.2) is 51.8 Å². The maximum atomic E-state index is 12.3. The van der Waals surface area contributed by atoms with E-state index in [2.05, 4.69) is 23.3 Å². The van der Waals surface area contributed by atoms with Gasteiger partial charge in [-0.05, 0) is 12.0 Å². The van der Waals surface area contributed by atoms with Gasteiger partial charge in [-0.2, -0.15) is 12.6 Å². The monoisotopic (exact) mass is 383 g/mol.